The summed E-state index contributed by atoms with van der Waals surface area (Å²) in [6, 6.07) is 14.7. The number of nitrogens with one attached hydrogen (secondary N) is 1. The van der Waals surface area contributed by atoms with Gasteiger partial charge < -0.3 is 5.32 Å². The van der Waals surface area contributed by atoms with Crippen LogP contribution in [-0.4, -0.2) is 12.5 Å². The monoisotopic (exact) mass is 351 g/mol. The maximum Gasteiger partial charge on any atom is 0.251 e. The Labute approximate surface area is 153 Å². The van der Waals surface area contributed by atoms with Gasteiger partial charge in [0.2, 0.25) is 0 Å². The molecule has 1 aromatic heterocycles. The van der Waals surface area contributed by atoms with Crippen LogP contribution in [0.5, 0.6) is 0 Å². The molecule has 0 aliphatic heterocycles. The van der Waals surface area contributed by atoms with Gasteiger partial charge in [-0.15, -0.1) is 11.3 Å². The quantitative estimate of drug-likeness (QED) is 0.505. The molecule has 0 aliphatic carbocycles. The summed E-state index contributed by atoms with van der Waals surface area (Å²) in [6.07, 6.45) is 4.67. The van der Waals surface area contributed by atoms with Gasteiger partial charge in [0.1, 0.15) is 0 Å². The highest BCUT2D eigenvalue weighted by atomic mass is 32.1. The summed E-state index contributed by atoms with van der Waals surface area (Å²) in [5.74, 6) is 0.0279. The first-order valence-corrected chi connectivity index (χ1v) is 9.93. The van der Waals surface area contributed by atoms with Crippen molar-refractivity contribution in [3.05, 3.63) is 59.0 Å². The Morgan fingerprint density at radius 2 is 1.84 bits per heavy atom. The number of rotatable bonds is 7. The van der Waals surface area contributed by atoms with Crippen LogP contribution in [0, 0.1) is 6.92 Å². The minimum absolute atomic E-state index is 0.0279. The Bertz CT molecular complexity index is 848. The van der Waals surface area contributed by atoms with E-state index in [4.69, 9.17) is 0 Å². The summed E-state index contributed by atoms with van der Waals surface area (Å²) in [5, 5.41) is 6.38. The Morgan fingerprint density at radius 3 is 2.60 bits per heavy atom. The molecule has 0 radical (unpaired) electrons. The third-order valence-corrected chi connectivity index (χ3v) is 5.38. The zero-order valence-electron chi connectivity index (χ0n) is 15.0. The van der Waals surface area contributed by atoms with E-state index in [0.717, 1.165) is 34.4 Å². The van der Waals surface area contributed by atoms with E-state index in [1.165, 1.54) is 30.2 Å². The number of aryl methyl sites for hydroxylation is 1. The lowest BCUT2D eigenvalue weighted by molar-refractivity contribution is 0.0953. The summed E-state index contributed by atoms with van der Waals surface area (Å²) < 4.78 is 1.16. The van der Waals surface area contributed by atoms with E-state index in [1.807, 2.05) is 12.1 Å². The number of unbranched alkanes of at least 4 members (excludes halogenated alkanes) is 3. The lowest BCUT2D eigenvalue weighted by Gasteiger charge is -2.10. The molecule has 0 aliphatic rings. The Morgan fingerprint density at radius 1 is 1.04 bits per heavy atom. The molecule has 0 unspecified atom stereocenters. The number of fused-ring (bicyclic) bond motifs is 1. The molecule has 25 heavy (non-hydrogen) atoms. The van der Waals surface area contributed by atoms with Crippen molar-refractivity contribution in [3.63, 3.8) is 0 Å². The fraction of sp³-hybridized carbons (Fsp3) is 0.318. The van der Waals surface area contributed by atoms with Crippen LogP contribution in [0.25, 0.3) is 21.2 Å². The molecule has 0 spiro atoms. The van der Waals surface area contributed by atoms with Gasteiger partial charge in [-0.3, -0.25) is 4.79 Å². The number of carbonyl (C=O) groups is 1. The van der Waals surface area contributed by atoms with Gasteiger partial charge in [-0.2, -0.15) is 0 Å². The van der Waals surface area contributed by atoms with E-state index >= 15 is 0 Å². The van der Waals surface area contributed by atoms with Crippen LogP contribution in [0.15, 0.2) is 47.8 Å². The smallest absolute Gasteiger partial charge is 0.251 e. The molecule has 130 valence electrons. The van der Waals surface area contributed by atoms with Crippen molar-refractivity contribution in [3.8, 4) is 11.1 Å². The van der Waals surface area contributed by atoms with Gasteiger partial charge in [0, 0.05) is 22.2 Å². The lowest BCUT2D eigenvalue weighted by atomic mass is 9.98. The van der Waals surface area contributed by atoms with E-state index in [9.17, 15) is 4.79 Å². The van der Waals surface area contributed by atoms with Crippen molar-refractivity contribution in [2.75, 3.05) is 6.54 Å². The molecule has 0 bridgehead atoms. The molecule has 1 heterocycles. The van der Waals surface area contributed by atoms with E-state index in [0.29, 0.717) is 0 Å². The fourth-order valence-electron chi connectivity index (χ4n) is 3.03. The molecule has 0 fully saturated rings. The van der Waals surface area contributed by atoms with E-state index < -0.39 is 0 Å². The van der Waals surface area contributed by atoms with Crippen LogP contribution >= 0.6 is 11.3 Å². The van der Waals surface area contributed by atoms with Gasteiger partial charge in [0.15, 0.2) is 0 Å². The summed E-state index contributed by atoms with van der Waals surface area (Å²) >= 11 is 1.69. The van der Waals surface area contributed by atoms with Gasteiger partial charge in [-0.1, -0.05) is 56.0 Å². The lowest BCUT2D eigenvalue weighted by Crippen LogP contribution is -2.24. The first kappa shape index (κ1) is 17.7. The molecule has 3 heteroatoms. The molecule has 2 nitrogen and oxygen atoms in total. The van der Waals surface area contributed by atoms with Crippen molar-refractivity contribution in [2.24, 2.45) is 0 Å². The van der Waals surface area contributed by atoms with Gasteiger partial charge in [-0.05, 0) is 48.1 Å². The summed E-state index contributed by atoms with van der Waals surface area (Å²) in [4.78, 5) is 12.6. The normalized spacial score (nSPS) is 11.0. The fourth-order valence-corrected chi connectivity index (χ4v) is 3.88. The van der Waals surface area contributed by atoms with Crippen molar-refractivity contribution in [1.29, 1.82) is 0 Å². The van der Waals surface area contributed by atoms with Gasteiger partial charge in [-0.25, -0.2) is 0 Å². The minimum Gasteiger partial charge on any atom is -0.352 e. The van der Waals surface area contributed by atoms with Gasteiger partial charge in [0.25, 0.3) is 5.91 Å². The number of carbonyl (C=O) groups excluding carboxylic acids is 1. The second-order valence-electron chi connectivity index (χ2n) is 6.54. The average Bonchev–Trinajstić information content (AvgIpc) is 3.10. The van der Waals surface area contributed by atoms with Crippen LogP contribution in [0.4, 0.5) is 0 Å². The van der Waals surface area contributed by atoms with Gasteiger partial charge >= 0.3 is 0 Å². The average molecular weight is 352 g/mol. The summed E-state index contributed by atoms with van der Waals surface area (Å²) in [7, 11) is 0. The topological polar surface area (TPSA) is 29.1 Å². The second kappa shape index (κ2) is 8.30. The molecule has 1 N–H and O–H groups in total. The summed E-state index contributed by atoms with van der Waals surface area (Å²) in [6.45, 7) is 5.04. The van der Waals surface area contributed by atoms with Crippen molar-refractivity contribution >= 4 is 27.3 Å². The first-order chi connectivity index (χ1) is 12.2. The number of amides is 1. The molecule has 2 aromatic carbocycles. The number of hydrogen-bond acceptors (Lipinski definition) is 2. The minimum atomic E-state index is 0.0279. The molecular formula is C22H25NOS. The first-order valence-electron chi connectivity index (χ1n) is 9.05. The van der Waals surface area contributed by atoms with Crippen LogP contribution < -0.4 is 5.32 Å². The Balaban J connectivity index is 1.84. The number of hydrogen-bond donors (Lipinski definition) is 1. The number of thiophene rings is 1. The highest BCUT2D eigenvalue weighted by Crippen LogP contribution is 2.33. The predicted octanol–water partition coefficient (Wildman–Crippen LogP) is 6.19. The molecule has 3 aromatic rings. The van der Waals surface area contributed by atoms with Gasteiger partial charge in [0.05, 0.1) is 0 Å². The van der Waals surface area contributed by atoms with Crippen molar-refractivity contribution < 1.29 is 4.79 Å². The number of benzene rings is 2. The van der Waals surface area contributed by atoms with Crippen LogP contribution in [0.2, 0.25) is 0 Å². The molecule has 0 atom stereocenters. The maximum absolute atomic E-state index is 12.6. The largest absolute Gasteiger partial charge is 0.352 e. The SMILES string of the molecule is CCCCCCNC(=O)c1cc(-c2ccc(C)cc2)c2ccsc2c1. The summed E-state index contributed by atoms with van der Waals surface area (Å²) in [5.41, 5.74) is 4.29. The maximum atomic E-state index is 12.6. The zero-order chi connectivity index (χ0) is 17.6. The van der Waals surface area contributed by atoms with E-state index in [-0.39, 0.29) is 5.91 Å². The Kier molecular flexibility index (Phi) is 5.87. The second-order valence-corrected chi connectivity index (χ2v) is 7.49. The standard InChI is InChI=1S/C22H25NOS/c1-3-4-5-6-12-23-22(24)18-14-20(17-9-7-16(2)8-10-17)19-11-13-25-21(19)15-18/h7-11,13-15H,3-6,12H2,1-2H3,(H,23,24). The molecule has 3 rings (SSSR count). The molecule has 0 saturated heterocycles. The van der Waals surface area contributed by atoms with Crippen LogP contribution in [0.1, 0.15) is 48.5 Å². The Hall–Kier alpha value is -2.13. The molecule has 0 saturated carbocycles. The molecule has 1 amide bonds. The van der Waals surface area contributed by atoms with E-state index in [2.05, 4.69) is 54.9 Å². The third-order valence-electron chi connectivity index (χ3n) is 4.51. The highest BCUT2D eigenvalue weighted by Gasteiger charge is 2.12. The van der Waals surface area contributed by atoms with Crippen molar-refractivity contribution in [1.82, 2.24) is 5.32 Å². The van der Waals surface area contributed by atoms with Crippen LogP contribution in [-0.2, 0) is 0 Å². The molecular weight excluding hydrogens is 326 g/mol. The third kappa shape index (κ3) is 4.29. The van der Waals surface area contributed by atoms with Crippen LogP contribution in [0.3, 0.4) is 0 Å². The predicted molar refractivity (Wildman–Crippen MR) is 108 cm³/mol. The van der Waals surface area contributed by atoms with E-state index in [1.54, 1.807) is 11.3 Å². The zero-order valence-corrected chi connectivity index (χ0v) is 15.8. The highest BCUT2D eigenvalue weighted by molar-refractivity contribution is 7.17. The van der Waals surface area contributed by atoms with Crippen molar-refractivity contribution in [2.45, 2.75) is 39.5 Å².